The average Bonchev–Trinajstić information content (AvgIpc) is 1.90. The quantitative estimate of drug-likeness (QED) is 0.566. The van der Waals surface area contributed by atoms with E-state index in [0.29, 0.717) is 0 Å². The predicted molar refractivity (Wildman–Crippen MR) is 31.8 cm³/mol. The molecular formula is C7H6CrO. The van der Waals surface area contributed by atoms with E-state index in [1.54, 1.807) is 12.1 Å². The summed E-state index contributed by atoms with van der Waals surface area (Å²) in [5, 5.41) is 0. The van der Waals surface area contributed by atoms with Gasteiger partial charge in [-0.15, -0.1) is 0 Å². The summed E-state index contributed by atoms with van der Waals surface area (Å²) in [6.07, 6.45) is 0.833. The summed E-state index contributed by atoms with van der Waals surface area (Å²) in [4.78, 5) is 10.0. The molecule has 0 aliphatic carbocycles. The van der Waals surface area contributed by atoms with Gasteiger partial charge in [0.15, 0.2) is 0 Å². The van der Waals surface area contributed by atoms with Crippen LogP contribution in [0.3, 0.4) is 0 Å². The maximum atomic E-state index is 10.0. The fraction of sp³-hybridized carbons (Fsp3) is 0. The number of rotatable bonds is 1. The van der Waals surface area contributed by atoms with Crippen LogP contribution in [0.5, 0.6) is 0 Å². The van der Waals surface area contributed by atoms with E-state index in [9.17, 15) is 4.79 Å². The van der Waals surface area contributed by atoms with E-state index < -0.39 is 0 Å². The van der Waals surface area contributed by atoms with Crippen molar-refractivity contribution < 1.29 is 22.2 Å². The number of aldehydes is 1. The fourth-order valence-electron chi connectivity index (χ4n) is 0.532. The van der Waals surface area contributed by atoms with Gasteiger partial charge in [-0.25, -0.2) is 0 Å². The molecule has 0 aliphatic rings. The predicted octanol–water partition coefficient (Wildman–Crippen LogP) is 1.50. The van der Waals surface area contributed by atoms with Crippen molar-refractivity contribution in [1.82, 2.24) is 0 Å². The van der Waals surface area contributed by atoms with Crippen LogP contribution >= 0.6 is 0 Å². The Kier molecular flexibility index (Phi) is 4.04. The van der Waals surface area contributed by atoms with Crippen molar-refractivity contribution in [3.05, 3.63) is 35.9 Å². The molecule has 0 aromatic heterocycles. The number of carbonyl (C=O) groups is 1. The third-order valence-electron chi connectivity index (χ3n) is 0.936. The van der Waals surface area contributed by atoms with Gasteiger partial charge in [0.2, 0.25) is 0 Å². The largest absolute Gasteiger partial charge is 0.298 e. The summed E-state index contributed by atoms with van der Waals surface area (Å²) in [5.41, 5.74) is 0.729. The van der Waals surface area contributed by atoms with Crippen molar-refractivity contribution in [1.29, 1.82) is 0 Å². The van der Waals surface area contributed by atoms with Gasteiger partial charge >= 0.3 is 0 Å². The van der Waals surface area contributed by atoms with Crippen LogP contribution in [0.15, 0.2) is 30.3 Å². The van der Waals surface area contributed by atoms with Crippen LogP contribution in [0.1, 0.15) is 10.4 Å². The van der Waals surface area contributed by atoms with Crippen LogP contribution in [0.4, 0.5) is 0 Å². The summed E-state index contributed by atoms with van der Waals surface area (Å²) in [6.45, 7) is 0. The maximum Gasteiger partial charge on any atom is 0.150 e. The maximum absolute atomic E-state index is 10.0. The standard InChI is InChI=1S/C7H6O.Cr/c8-6-7-4-2-1-3-5-7;/h1-6H;. The molecule has 0 heterocycles. The summed E-state index contributed by atoms with van der Waals surface area (Å²) in [5.74, 6) is 0. The first-order valence-corrected chi connectivity index (χ1v) is 2.44. The molecule has 0 amide bonds. The van der Waals surface area contributed by atoms with Gasteiger partial charge in [-0.1, -0.05) is 30.3 Å². The molecule has 0 aliphatic heterocycles. The van der Waals surface area contributed by atoms with Crippen LogP contribution in [0, 0.1) is 0 Å². The summed E-state index contributed by atoms with van der Waals surface area (Å²) in [6, 6.07) is 9.10. The number of benzene rings is 1. The summed E-state index contributed by atoms with van der Waals surface area (Å²) >= 11 is 0. The van der Waals surface area contributed by atoms with Crippen LogP contribution in [0.25, 0.3) is 0 Å². The average molecular weight is 158 g/mol. The number of hydrogen-bond acceptors (Lipinski definition) is 1. The van der Waals surface area contributed by atoms with Crippen molar-refractivity contribution >= 4 is 6.29 Å². The third-order valence-corrected chi connectivity index (χ3v) is 0.936. The van der Waals surface area contributed by atoms with Crippen LogP contribution in [0.2, 0.25) is 0 Å². The van der Waals surface area contributed by atoms with Gasteiger partial charge in [0.25, 0.3) is 0 Å². The molecule has 0 fully saturated rings. The molecule has 0 bridgehead atoms. The van der Waals surface area contributed by atoms with E-state index in [-0.39, 0.29) is 17.4 Å². The molecule has 46 valence electrons. The Balaban J connectivity index is 0.000000640. The molecule has 0 unspecified atom stereocenters. The van der Waals surface area contributed by atoms with Crippen molar-refractivity contribution in [2.45, 2.75) is 0 Å². The Morgan fingerprint density at radius 1 is 1.11 bits per heavy atom. The molecule has 1 aromatic carbocycles. The summed E-state index contributed by atoms with van der Waals surface area (Å²) in [7, 11) is 0. The van der Waals surface area contributed by atoms with Crippen molar-refractivity contribution in [2.75, 3.05) is 0 Å². The third kappa shape index (κ3) is 2.46. The van der Waals surface area contributed by atoms with Gasteiger partial charge < -0.3 is 0 Å². The smallest absolute Gasteiger partial charge is 0.150 e. The van der Waals surface area contributed by atoms with Crippen molar-refractivity contribution in [2.24, 2.45) is 0 Å². The van der Waals surface area contributed by atoms with Crippen molar-refractivity contribution in [3.8, 4) is 0 Å². The summed E-state index contributed by atoms with van der Waals surface area (Å²) < 4.78 is 0. The minimum atomic E-state index is 0. The fourth-order valence-corrected chi connectivity index (χ4v) is 0.532. The topological polar surface area (TPSA) is 17.1 Å². The first kappa shape index (κ1) is 8.42. The Hall–Kier alpha value is -0.578. The van der Waals surface area contributed by atoms with Gasteiger partial charge in [-0.05, 0) is 0 Å². The van der Waals surface area contributed by atoms with Crippen LogP contribution < -0.4 is 0 Å². The molecule has 1 nitrogen and oxygen atoms in total. The SMILES string of the molecule is O=Cc1ccccc1.[Cr]. The second-order valence-corrected chi connectivity index (χ2v) is 1.53. The Morgan fingerprint density at radius 3 is 2.00 bits per heavy atom. The minimum Gasteiger partial charge on any atom is -0.298 e. The van der Waals surface area contributed by atoms with E-state index >= 15 is 0 Å². The van der Waals surface area contributed by atoms with E-state index in [1.165, 1.54) is 0 Å². The second kappa shape index (κ2) is 4.32. The molecule has 1 rings (SSSR count). The van der Waals surface area contributed by atoms with E-state index in [2.05, 4.69) is 0 Å². The Bertz CT molecular complexity index is 172. The van der Waals surface area contributed by atoms with Gasteiger partial charge in [0, 0.05) is 22.9 Å². The van der Waals surface area contributed by atoms with Gasteiger partial charge in [-0.3, -0.25) is 4.79 Å². The molecule has 0 atom stereocenters. The normalized spacial score (nSPS) is 7.56. The molecular weight excluding hydrogens is 152 g/mol. The van der Waals surface area contributed by atoms with Gasteiger partial charge in [-0.2, -0.15) is 0 Å². The van der Waals surface area contributed by atoms with Gasteiger partial charge in [0.1, 0.15) is 6.29 Å². The number of hydrogen-bond donors (Lipinski definition) is 0. The Labute approximate surface area is 64.8 Å². The first-order chi connectivity index (χ1) is 3.93. The monoisotopic (exact) mass is 158 g/mol. The zero-order chi connectivity index (χ0) is 5.82. The zero-order valence-electron chi connectivity index (χ0n) is 4.78. The molecule has 0 saturated heterocycles. The first-order valence-electron chi connectivity index (χ1n) is 2.44. The Morgan fingerprint density at radius 2 is 1.67 bits per heavy atom. The zero-order valence-corrected chi connectivity index (χ0v) is 6.06. The molecule has 9 heavy (non-hydrogen) atoms. The molecule has 0 spiro atoms. The molecule has 2 heteroatoms. The molecule has 0 N–H and O–H groups in total. The molecule has 0 radical (unpaired) electrons. The molecule has 1 aromatic rings. The van der Waals surface area contributed by atoms with Gasteiger partial charge in [0.05, 0.1) is 0 Å². The van der Waals surface area contributed by atoms with Crippen molar-refractivity contribution in [3.63, 3.8) is 0 Å². The molecule has 0 saturated carbocycles. The number of carbonyl (C=O) groups excluding carboxylic acids is 1. The van der Waals surface area contributed by atoms with E-state index in [1.807, 2.05) is 18.2 Å². The van der Waals surface area contributed by atoms with Crippen LogP contribution in [-0.4, -0.2) is 6.29 Å². The van der Waals surface area contributed by atoms with Crippen LogP contribution in [-0.2, 0) is 17.4 Å². The van der Waals surface area contributed by atoms with E-state index in [4.69, 9.17) is 0 Å². The minimum absolute atomic E-state index is 0. The second-order valence-electron chi connectivity index (χ2n) is 1.53. The van der Waals surface area contributed by atoms with E-state index in [0.717, 1.165) is 11.8 Å².